The van der Waals surface area contributed by atoms with Crippen LogP contribution in [0, 0.1) is 0 Å². The summed E-state index contributed by atoms with van der Waals surface area (Å²) in [5, 5.41) is 8.07. The summed E-state index contributed by atoms with van der Waals surface area (Å²) in [5.74, 6) is 0.193. The standard InChI is InChI=1S/C23H19ClN4O2/c1-2-11-27-19-10-6-4-8-16(19)23(22(27)30)12-20(29)26-21-17(23)13-25-28(21)14-15-7-3-5-9-18(15)24/h2-10,13H,1,11-12,14H2,(H,26,29). The fourth-order valence-corrected chi connectivity index (χ4v) is 4.71. The number of fused-ring (bicyclic) bond motifs is 4. The van der Waals surface area contributed by atoms with Gasteiger partial charge in [-0.25, -0.2) is 4.68 Å². The molecule has 0 saturated carbocycles. The van der Waals surface area contributed by atoms with Crippen LogP contribution in [0.1, 0.15) is 23.1 Å². The fraction of sp³-hybridized carbons (Fsp3) is 0.174. The predicted molar refractivity (Wildman–Crippen MR) is 116 cm³/mol. The van der Waals surface area contributed by atoms with Crippen LogP contribution in [-0.2, 0) is 21.5 Å². The Morgan fingerprint density at radius 1 is 1.13 bits per heavy atom. The second-order valence-electron chi connectivity index (χ2n) is 7.51. The number of hydrogen-bond acceptors (Lipinski definition) is 3. The van der Waals surface area contributed by atoms with Gasteiger partial charge in [0.05, 0.1) is 12.7 Å². The normalized spacial score (nSPS) is 19.6. The van der Waals surface area contributed by atoms with E-state index < -0.39 is 5.41 Å². The molecule has 150 valence electrons. The molecule has 0 fully saturated rings. The summed E-state index contributed by atoms with van der Waals surface area (Å²) >= 11 is 6.32. The van der Waals surface area contributed by atoms with Crippen molar-refractivity contribution in [2.75, 3.05) is 16.8 Å². The highest BCUT2D eigenvalue weighted by Gasteiger charge is 2.56. The quantitative estimate of drug-likeness (QED) is 0.656. The number of carbonyl (C=O) groups is 2. The second-order valence-corrected chi connectivity index (χ2v) is 7.91. The molecule has 1 N–H and O–H groups in total. The van der Waals surface area contributed by atoms with Crippen LogP contribution in [0.2, 0.25) is 5.02 Å². The molecule has 30 heavy (non-hydrogen) atoms. The third kappa shape index (κ3) is 2.53. The molecule has 2 aliphatic heterocycles. The Kier molecular flexibility index (Phi) is 4.25. The van der Waals surface area contributed by atoms with Gasteiger partial charge in [-0.15, -0.1) is 6.58 Å². The summed E-state index contributed by atoms with van der Waals surface area (Å²) in [4.78, 5) is 28.2. The van der Waals surface area contributed by atoms with Crippen molar-refractivity contribution in [2.24, 2.45) is 0 Å². The minimum absolute atomic E-state index is 0.0429. The zero-order valence-electron chi connectivity index (χ0n) is 16.1. The van der Waals surface area contributed by atoms with Crippen molar-refractivity contribution >= 4 is 34.9 Å². The Hall–Kier alpha value is -3.38. The highest BCUT2D eigenvalue weighted by molar-refractivity contribution is 6.31. The lowest BCUT2D eigenvalue weighted by molar-refractivity contribution is -0.126. The molecule has 0 radical (unpaired) electrons. The predicted octanol–water partition coefficient (Wildman–Crippen LogP) is 3.75. The van der Waals surface area contributed by atoms with Gasteiger partial charge in [0.1, 0.15) is 11.2 Å². The summed E-state index contributed by atoms with van der Waals surface area (Å²) < 4.78 is 1.70. The largest absolute Gasteiger partial charge is 0.311 e. The van der Waals surface area contributed by atoms with Crippen molar-refractivity contribution < 1.29 is 9.59 Å². The number of nitrogens with one attached hydrogen (secondary N) is 1. The minimum Gasteiger partial charge on any atom is -0.311 e. The SMILES string of the molecule is C=CCN1C(=O)C2(CC(=O)Nc3c2cnn3Cc2ccccc2Cl)c2ccccc21. The van der Waals surface area contributed by atoms with Crippen molar-refractivity contribution in [3.63, 3.8) is 0 Å². The lowest BCUT2D eigenvalue weighted by atomic mass is 9.72. The van der Waals surface area contributed by atoms with Crippen molar-refractivity contribution in [3.05, 3.63) is 89.1 Å². The maximum atomic E-state index is 13.7. The lowest BCUT2D eigenvalue weighted by Crippen LogP contribution is -2.46. The molecular formula is C23H19ClN4O2. The van der Waals surface area contributed by atoms with Gasteiger partial charge in [0, 0.05) is 29.2 Å². The smallest absolute Gasteiger partial charge is 0.243 e. The molecule has 1 atom stereocenters. The summed E-state index contributed by atoms with van der Waals surface area (Å²) in [6.45, 7) is 4.55. The molecule has 5 rings (SSSR count). The van der Waals surface area contributed by atoms with E-state index in [1.807, 2.05) is 48.5 Å². The Labute approximate surface area is 178 Å². The van der Waals surface area contributed by atoms with Crippen LogP contribution in [0.3, 0.4) is 0 Å². The molecule has 0 bridgehead atoms. The second kappa shape index (κ2) is 6.85. The molecular weight excluding hydrogens is 400 g/mol. The summed E-state index contributed by atoms with van der Waals surface area (Å²) in [7, 11) is 0. The van der Waals surface area contributed by atoms with Gasteiger partial charge in [-0.1, -0.05) is 54.1 Å². The van der Waals surface area contributed by atoms with E-state index in [1.54, 1.807) is 21.9 Å². The highest BCUT2D eigenvalue weighted by atomic mass is 35.5. The number of hydrogen-bond donors (Lipinski definition) is 1. The molecule has 0 aliphatic carbocycles. The van der Waals surface area contributed by atoms with Gasteiger partial charge in [0.2, 0.25) is 11.8 Å². The molecule has 0 saturated heterocycles. The van der Waals surface area contributed by atoms with E-state index in [1.165, 1.54) is 0 Å². The number of rotatable bonds is 4. The average Bonchev–Trinajstić information content (AvgIpc) is 3.24. The van der Waals surface area contributed by atoms with Gasteiger partial charge in [-0.05, 0) is 23.3 Å². The topological polar surface area (TPSA) is 67.2 Å². The number of amides is 2. The number of nitrogens with zero attached hydrogens (tertiary/aromatic N) is 3. The van der Waals surface area contributed by atoms with Crippen LogP contribution >= 0.6 is 11.6 Å². The van der Waals surface area contributed by atoms with E-state index in [0.29, 0.717) is 29.5 Å². The van der Waals surface area contributed by atoms with Crippen LogP contribution in [0.25, 0.3) is 0 Å². The molecule has 7 heteroatoms. The van der Waals surface area contributed by atoms with Gasteiger partial charge in [0.25, 0.3) is 0 Å². The van der Waals surface area contributed by atoms with Gasteiger partial charge in [0.15, 0.2) is 0 Å². The summed E-state index contributed by atoms with van der Waals surface area (Å²) in [5.41, 5.74) is 2.13. The third-order valence-electron chi connectivity index (χ3n) is 5.84. The molecule has 2 aromatic carbocycles. The van der Waals surface area contributed by atoms with Crippen molar-refractivity contribution in [2.45, 2.75) is 18.4 Å². The van der Waals surface area contributed by atoms with E-state index in [4.69, 9.17) is 11.6 Å². The van der Waals surface area contributed by atoms with E-state index >= 15 is 0 Å². The number of aromatic nitrogens is 2. The summed E-state index contributed by atoms with van der Waals surface area (Å²) in [6.07, 6.45) is 3.43. The number of anilines is 2. The maximum absolute atomic E-state index is 13.7. The van der Waals surface area contributed by atoms with Crippen molar-refractivity contribution in [3.8, 4) is 0 Å². The molecule has 1 aromatic heterocycles. The first-order valence-corrected chi connectivity index (χ1v) is 10.1. The molecule has 1 unspecified atom stereocenters. The van der Waals surface area contributed by atoms with E-state index in [9.17, 15) is 9.59 Å². The Morgan fingerprint density at radius 2 is 1.90 bits per heavy atom. The third-order valence-corrected chi connectivity index (χ3v) is 6.21. The molecule has 3 heterocycles. The molecule has 1 spiro atoms. The number of benzene rings is 2. The average molecular weight is 419 g/mol. The number of carbonyl (C=O) groups excluding carboxylic acids is 2. The first kappa shape index (κ1) is 18.6. The Bertz CT molecular complexity index is 1200. The first-order valence-electron chi connectivity index (χ1n) is 9.68. The monoisotopic (exact) mass is 418 g/mol. The van der Waals surface area contributed by atoms with Crippen LogP contribution in [0.4, 0.5) is 11.5 Å². The zero-order chi connectivity index (χ0) is 20.9. The van der Waals surface area contributed by atoms with Gasteiger partial charge >= 0.3 is 0 Å². The van der Waals surface area contributed by atoms with Crippen molar-refractivity contribution in [1.29, 1.82) is 0 Å². The van der Waals surface area contributed by atoms with Gasteiger partial charge < -0.3 is 10.2 Å². The zero-order valence-corrected chi connectivity index (χ0v) is 16.9. The van der Waals surface area contributed by atoms with Crippen molar-refractivity contribution in [1.82, 2.24) is 9.78 Å². The lowest BCUT2D eigenvalue weighted by Gasteiger charge is -2.32. The van der Waals surface area contributed by atoms with E-state index in [0.717, 1.165) is 16.8 Å². The molecule has 6 nitrogen and oxygen atoms in total. The van der Waals surface area contributed by atoms with Crippen LogP contribution < -0.4 is 10.2 Å². The minimum atomic E-state index is -1.09. The first-order chi connectivity index (χ1) is 14.6. The molecule has 2 aliphatic rings. The van der Waals surface area contributed by atoms with Crippen LogP contribution in [0.15, 0.2) is 67.4 Å². The molecule has 3 aromatic rings. The number of para-hydroxylation sites is 1. The van der Waals surface area contributed by atoms with Gasteiger partial charge in [-0.3, -0.25) is 9.59 Å². The number of halogens is 1. The van der Waals surface area contributed by atoms with Gasteiger partial charge in [-0.2, -0.15) is 5.10 Å². The Morgan fingerprint density at radius 3 is 2.70 bits per heavy atom. The maximum Gasteiger partial charge on any atom is 0.243 e. The van der Waals surface area contributed by atoms with Crippen LogP contribution in [-0.4, -0.2) is 28.1 Å². The highest BCUT2D eigenvalue weighted by Crippen LogP contribution is 2.52. The van der Waals surface area contributed by atoms with Crippen LogP contribution in [0.5, 0.6) is 0 Å². The van der Waals surface area contributed by atoms with E-state index in [-0.39, 0.29) is 18.2 Å². The summed E-state index contributed by atoms with van der Waals surface area (Å²) in [6, 6.07) is 15.1. The Balaban J connectivity index is 1.68. The molecule has 2 amide bonds. The van der Waals surface area contributed by atoms with E-state index in [2.05, 4.69) is 17.0 Å². The fourth-order valence-electron chi connectivity index (χ4n) is 4.52.